The Morgan fingerprint density at radius 3 is 2.97 bits per heavy atom. The number of amides is 1. The third-order valence-corrected chi connectivity index (χ3v) is 5.28. The maximum atomic E-state index is 12.7. The van der Waals surface area contributed by atoms with Crippen molar-refractivity contribution in [2.24, 2.45) is 5.92 Å². The van der Waals surface area contributed by atoms with E-state index in [-0.39, 0.29) is 18.3 Å². The first-order valence-corrected chi connectivity index (χ1v) is 10.1. The predicted octanol–water partition coefficient (Wildman–Crippen LogP) is 2.81. The molecule has 1 unspecified atom stereocenters. The summed E-state index contributed by atoms with van der Waals surface area (Å²) in [6.07, 6.45) is 5.83. The lowest BCUT2D eigenvalue weighted by Gasteiger charge is -2.22. The molecule has 4 rings (SSSR count). The lowest BCUT2D eigenvalue weighted by atomic mass is 10.00. The van der Waals surface area contributed by atoms with E-state index < -0.39 is 0 Å². The van der Waals surface area contributed by atoms with Crippen molar-refractivity contribution in [3.63, 3.8) is 0 Å². The molecule has 8 nitrogen and oxygen atoms in total. The van der Waals surface area contributed by atoms with E-state index in [2.05, 4.69) is 51.2 Å². The molecule has 9 heteroatoms. The Morgan fingerprint density at radius 2 is 2.20 bits per heavy atom. The molecule has 0 bridgehead atoms. The van der Waals surface area contributed by atoms with Crippen molar-refractivity contribution >= 4 is 24.1 Å². The largest absolute Gasteiger partial charge is 0.316 e. The van der Waals surface area contributed by atoms with Gasteiger partial charge in [-0.05, 0) is 51.3 Å². The van der Waals surface area contributed by atoms with Crippen LogP contribution in [0.3, 0.4) is 0 Å². The predicted molar refractivity (Wildman–Crippen MR) is 118 cm³/mol. The zero-order valence-electron chi connectivity index (χ0n) is 17.3. The monoisotopic (exact) mass is 429 g/mol. The highest BCUT2D eigenvalue weighted by Crippen LogP contribution is 2.18. The average molecular weight is 430 g/mol. The van der Waals surface area contributed by atoms with E-state index in [4.69, 9.17) is 0 Å². The van der Waals surface area contributed by atoms with Crippen LogP contribution in [0.15, 0.2) is 36.7 Å². The number of aromatic nitrogens is 5. The molecular weight excluding hydrogens is 402 g/mol. The Balaban J connectivity index is 0.00000256. The summed E-state index contributed by atoms with van der Waals surface area (Å²) in [6, 6.07) is 8.27. The summed E-state index contributed by atoms with van der Waals surface area (Å²) in [5.41, 5.74) is 3.56. The summed E-state index contributed by atoms with van der Waals surface area (Å²) in [5, 5.41) is 19.0. The normalized spacial score (nSPS) is 16.1. The molecule has 30 heavy (non-hydrogen) atoms. The van der Waals surface area contributed by atoms with Gasteiger partial charge in [-0.2, -0.15) is 5.10 Å². The van der Waals surface area contributed by atoms with Crippen LogP contribution in [0.5, 0.6) is 0 Å². The lowest BCUT2D eigenvalue weighted by molar-refractivity contribution is 0.102. The number of nitrogens with zero attached hydrogens (tertiary/aromatic N) is 5. The molecule has 1 fully saturated rings. The van der Waals surface area contributed by atoms with Gasteiger partial charge in [0.25, 0.3) is 5.91 Å². The molecule has 1 saturated heterocycles. The molecule has 1 aromatic carbocycles. The standard InChI is InChI=1S/C21H27N7O.ClH/c1-15-5-3-6-17(9-15)13-28-20(16(2)10-23-28)24-21(29)19-14-27(26-25-19)12-18-7-4-8-22-11-18;/h3,5-6,9-10,14,18,22H,4,7-8,11-13H2,1-2H3,(H,24,29);1H. The topological polar surface area (TPSA) is 89.7 Å². The quantitative estimate of drug-likeness (QED) is 0.628. The van der Waals surface area contributed by atoms with Gasteiger partial charge in [-0.25, -0.2) is 4.68 Å². The van der Waals surface area contributed by atoms with Crippen LogP contribution in [0.25, 0.3) is 0 Å². The van der Waals surface area contributed by atoms with Gasteiger partial charge in [0, 0.05) is 12.1 Å². The lowest BCUT2D eigenvalue weighted by Crippen LogP contribution is -2.32. The van der Waals surface area contributed by atoms with E-state index in [0.717, 1.165) is 30.8 Å². The van der Waals surface area contributed by atoms with E-state index >= 15 is 0 Å². The van der Waals surface area contributed by atoms with E-state index in [9.17, 15) is 4.79 Å². The Labute approximate surface area is 182 Å². The van der Waals surface area contributed by atoms with E-state index in [0.29, 0.717) is 24.0 Å². The third kappa shape index (κ3) is 5.25. The minimum Gasteiger partial charge on any atom is -0.316 e. The highest BCUT2D eigenvalue weighted by molar-refractivity contribution is 6.02. The van der Waals surface area contributed by atoms with Crippen LogP contribution in [0.4, 0.5) is 5.82 Å². The minimum atomic E-state index is -0.271. The number of nitrogens with one attached hydrogen (secondary N) is 2. The second-order valence-electron chi connectivity index (χ2n) is 7.82. The zero-order chi connectivity index (χ0) is 20.2. The van der Waals surface area contributed by atoms with Gasteiger partial charge in [-0.3, -0.25) is 9.48 Å². The number of hydrogen-bond donors (Lipinski definition) is 2. The molecule has 0 aliphatic carbocycles. The van der Waals surface area contributed by atoms with Crippen molar-refractivity contribution in [2.75, 3.05) is 18.4 Å². The summed E-state index contributed by atoms with van der Waals surface area (Å²) in [4.78, 5) is 12.7. The van der Waals surface area contributed by atoms with Crippen LogP contribution >= 0.6 is 12.4 Å². The number of carbonyl (C=O) groups is 1. The molecule has 1 aliphatic rings. The molecule has 0 saturated carbocycles. The highest BCUT2D eigenvalue weighted by Gasteiger charge is 2.18. The smallest absolute Gasteiger partial charge is 0.278 e. The zero-order valence-corrected chi connectivity index (χ0v) is 18.2. The van der Waals surface area contributed by atoms with Gasteiger partial charge in [-0.15, -0.1) is 17.5 Å². The Bertz CT molecular complexity index is 991. The molecule has 3 aromatic rings. The summed E-state index contributed by atoms with van der Waals surface area (Å²) in [6.45, 7) is 7.43. The summed E-state index contributed by atoms with van der Waals surface area (Å²) in [5.74, 6) is 0.939. The Morgan fingerprint density at radius 1 is 1.33 bits per heavy atom. The van der Waals surface area contributed by atoms with Gasteiger partial charge in [0.1, 0.15) is 5.82 Å². The minimum absolute atomic E-state index is 0. The van der Waals surface area contributed by atoms with E-state index in [1.54, 1.807) is 21.8 Å². The number of carbonyl (C=O) groups excluding carboxylic acids is 1. The van der Waals surface area contributed by atoms with Crippen LogP contribution in [-0.2, 0) is 13.1 Å². The summed E-state index contributed by atoms with van der Waals surface area (Å²) >= 11 is 0. The second-order valence-corrected chi connectivity index (χ2v) is 7.82. The maximum absolute atomic E-state index is 12.7. The van der Waals surface area contributed by atoms with Crippen LogP contribution < -0.4 is 10.6 Å². The Kier molecular flexibility index (Phi) is 7.23. The number of halogens is 1. The number of hydrogen-bond acceptors (Lipinski definition) is 5. The SMILES string of the molecule is Cc1cccc(Cn2ncc(C)c2NC(=O)c2cn(CC3CCCNC3)nn2)c1.Cl. The van der Waals surface area contributed by atoms with Crippen LogP contribution in [0, 0.1) is 19.8 Å². The van der Waals surface area contributed by atoms with Crippen molar-refractivity contribution < 1.29 is 4.79 Å². The van der Waals surface area contributed by atoms with Crippen molar-refractivity contribution in [1.82, 2.24) is 30.1 Å². The van der Waals surface area contributed by atoms with Crippen LogP contribution in [-0.4, -0.2) is 43.8 Å². The third-order valence-electron chi connectivity index (χ3n) is 5.28. The molecule has 2 N–H and O–H groups in total. The molecule has 2 aromatic heterocycles. The number of aryl methyl sites for hydroxylation is 2. The van der Waals surface area contributed by atoms with Crippen molar-refractivity contribution in [2.45, 2.75) is 39.8 Å². The fourth-order valence-electron chi connectivity index (χ4n) is 3.75. The number of rotatable bonds is 6. The van der Waals surface area contributed by atoms with Crippen molar-refractivity contribution in [3.8, 4) is 0 Å². The van der Waals surface area contributed by atoms with E-state index in [1.807, 2.05) is 13.0 Å². The molecule has 1 amide bonds. The summed E-state index contributed by atoms with van der Waals surface area (Å²) < 4.78 is 3.57. The maximum Gasteiger partial charge on any atom is 0.278 e. The first kappa shape index (κ1) is 22.0. The van der Waals surface area contributed by atoms with Gasteiger partial charge in [-0.1, -0.05) is 35.0 Å². The number of anilines is 1. The van der Waals surface area contributed by atoms with E-state index in [1.165, 1.54) is 18.4 Å². The molecule has 1 atom stereocenters. The van der Waals surface area contributed by atoms with Gasteiger partial charge in [0.05, 0.1) is 18.9 Å². The molecule has 0 radical (unpaired) electrons. The highest BCUT2D eigenvalue weighted by atomic mass is 35.5. The first-order chi connectivity index (χ1) is 14.1. The first-order valence-electron chi connectivity index (χ1n) is 10.1. The van der Waals surface area contributed by atoms with Gasteiger partial charge >= 0.3 is 0 Å². The number of benzene rings is 1. The van der Waals surface area contributed by atoms with Crippen LogP contribution in [0.1, 0.15) is 40.0 Å². The molecule has 160 valence electrons. The number of piperidine rings is 1. The van der Waals surface area contributed by atoms with Gasteiger partial charge in [0.15, 0.2) is 5.69 Å². The van der Waals surface area contributed by atoms with Gasteiger partial charge in [0.2, 0.25) is 0 Å². The van der Waals surface area contributed by atoms with Crippen molar-refractivity contribution in [1.29, 1.82) is 0 Å². The average Bonchev–Trinajstić information content (AvgIpc) is 3.31. The molecule has 3 heterocycles. The summed E-state index contributed by atoms with van der Waals surface area (Å²) in [7, 11) is 0. The van der Waals surface area contributed by atoms with Gasteiger partial charge < -0.3 is 10.6 Å². The molecule has 0 spiro atoms. The fourth-order valence-corrected chi connectivity index (χ4v) is 3.75. The molecular formula is C21H28ClN7O. The van der Waals surface area contributed by atoms with Crippen molar-refractivity contribution in [3.05, 3.63) is 59.0 Å². The second kappa shape index (κ2) is 9.86. The molecule has 1 aliphatic heterocycles. The fraction of sp³-hybridized carbons (Fsp3) is 0.429. The Hall–Kier alpha value is -2.71. The van der Waals surface area contributed by atoms with Crippen LogP contribution in [0.2, 0.25) is 0 Å².